The molecule has 1 aliphatic heterocycles. The monoisotopic (exact) mass is 386 g/mol. The van der Waals surface area contributed by atoms with Crippen LogP contribution >= 0.6 is 0 Å². The van der Waals surface area contributed by atoms with E-state index in [-0.39, 0.29) is 5.92 Å². The van der Waals surface area contributed by atoms with Crippen LogP contribution in [0.5, 0.6) is 0 Å². The molecule has 3 atom stereocenters. The Hall–Kier alpha value is -2.72. The zero-order valence-electron chi connectivity index (χ0n) is 15.3. The second kappa shape index (κ2) is 7.02. The molecule has 4 heterocycles. The highest BCUT2D eigenvalue weighted by Gasteiger charge is 2.37. The standard InChI is InChI=1S/C18H23FN8O/c19-16-11(1-2-14(16)28)12-9-15(25-24-12)23-18-22-10-13(17-21-5-8-27(17)18)26-6-3-20-4-7-26/h5,8-11,14,16,20,28H,1-4,6-7H2,(H2,22,23,24,25). The van der Waals surface area contributed by atoms with Crippen molar-refractivity contribution in [3.63, 3.8) is 0 Å². The molecule has 0 bridgehead atoms. The fraction of sp³-hybridized carbons (Fsp3) is 0.500. The Bertz CT molecular complexity index is 966. The van der Waals surface area contributed by atoms with E-state index >= 15 is 0 Å². The smallest absolute Gasteiger partial charge is 0.214 e. The summed E-state index contributed by atoms with van der Waals surface area (Å²) in [6, 6.07) is 1.78. The summed E-state index contributed by atoms with van der Waals surface area (Å²) >= 11 is 0. The van der Waals surface area contributed by atoms with Crippen molar-refractivity contribution in [1.82, 2.24) is 29.9 Å². The van der Waals surface area contributed by atoms with Crippen molar-refractivity contribution < 1.29 is 9.50 Å². The number of aromatic nitrogens is 5. The molecular weight excluding hydrogens is 363 g/mol. The van der Waals surface area contributed by atoms with Gasteiger partial charge in [0.1, 0.15) is 6.17 Å². The van der Waals surface area contributed by atoms with Gasteiger partial charge in [-0.1, -0.05) is 0 Å². The summed E-state index contributed by atoms with van der Waals surface area (Å²) in [5, 5.41) is 23.3. The van der Waals surface area contributed by atoms with Crippen molar-refractivity contribution in [2.75, 3.05) is 36.4 Å². The minimum Gasteiger partial charge on any atom is -0.390 e. The van der Waals surface area contributed by atoms with Gasteiger partial charge >= 0.3 is 0 Å². The van der Waals surface area contributed by atoms with Gasteiger partial charge in [-0.25, -0.2) is 14.4 Å². The summed E-state index contributed by atoms with van der Waals surface area (Å²) in [6.07, 6.45) is 4.35. The van der Waals surface area contributed by atoms with E-state index in [2.05, 4.69) is 35.7 Å². The van der Waals surface area contributed by atoms with Crippen molar-refractivity contribution in [2.45, 2.75) is 31.0 Å². The molecule has 1 aliphatic carbocycles. The van der Waals surface area contributed by atoms with E-state index in [1.807, 2.05) is 16.8 Å². The van der Waals surface area contributed by atoms with E-state index in [1.54, 1.807) is 12.3 Å². The van der Waals surface area contributed by atoms with Crippen LogP contribution in [0.25, 0.3) is 5.65 Å². The lowest BCUT2D eigenvalue weighted by molar-refractivity contribution is 0.0959. The first kappa shape index (κ1) is 17.4. The number of hydrogen-bond acceptors (Lipinski definition) is 7. The van der Waals surface area contributed by atoms with Crippen LogP contribution in [0.15, 0.2) is 24.7 Å². The van der Waals surface area contributed by atoms with Crippen molar-refractivity contribution in [1.29, 1.82) is 0 Å². The van der Waals surface area contributed by atoms with Gasteiger partial charge < -0.3 is 20.6 Å². The van der Waals surface area contributed by atoms with Gasteiger partial charge in [-0.15, -0.1) is 0 Å². The van der Waals surface area contributed by atoms with Crippen LogP contribution in [0, 0.1) is 0 Å². The Balaban J connectivity index is 1.40. The number of halogens is 1. The molecular formula is C18H23FN8O. The number of piperazine rings is 1. The van der Waals surface area contributed by atoms with Crippen LogP contribution in [0.3, 0.4) is 0 Å². The first-order valence-electron chi connectivity index (χ1n) is 9.63. The van der Waals surface area contributed by atoms with Crippen LogP contribution in [-0.2, 0) is 0 Å². The maximum Gasteiger partial charge on any atom is 0.214 e. The number of H-pyrrole nitrogens is 1. The SMILES string of the molecule is OC1CCC(c2cc(Nc3ncc(N4CCNCC4)c4nccn34)n[nH]2)C1F. The second-order valence-electron chi connectivity index (χ2n) is 7.35. The number of alkyl halides is 1. The lowest BCUT2D eigenvalue weighted by Gasteiger charge is -2.29. The quantitative estimate of drug-likeness (QED) is 0.533. The number of anilines is 3. The number of fused-ring (bicyclic) bond motifs is 1. The predicted molar refractivity (Wildman–Crippen MR) is 103 cm³/mol. The van der Waals surface area contributed by atoms with Crippen LogP contribution in [0.4, 0.5) is 21.8 Å². The molecule has 1 saturated carbocycles. The molecule has 9 nitrogen and oxygen atoms in total. The van der Waals surface area contributed by atoms with Gasteiger partial charge in [0.2, 0.25) is 5.95 Å². The fourth-order valence-electron chi connectivity index (χ4n) is 4.10. The molecule has 1 saturated heterocycles. The third kappa shape index (κ3) is 2.98. The van der Waals surface area contributed by atoms with E-state index in [1.165, 1.54) is 0 Å². The molecule has 148 valence electrons. The van der Waals surface area contributed by atoms with Crippen molar-refractivity contribution in [2.24, 2.45) is 0 Å². The van der Waals surface area contributed by atoms with Gasteiger partial charge in [0, 0.05) is 56.3 Å². The van der Waals surface area contributed by atoms with Gasteiger partial charge in [0.25, 0.3) is 0 Å². The summed E-state index contributed by atoms with van der Waals surface area (Å²) in [7, 11) is 0. The third-order valence-corrected chi connectivity index (χ3v) is 5.63. The number of aromatic amines is 1. The number of aliphatic hydroxyl groups is 1. The Kier molecular flexibility index (Phi) is 4.36. The Morgan fingerprint density at radius 3 is 2.86 bits per heavy atom. The molecule has 0 radical (unpaired) electrons. The molecule has 2 fully saturated rings. The molecule has 0 spiro atoms. The summed E-state index contributed by atoms with van der Waals surface area (Å²) in [6.45, 7) is 3.71. The molecule has 3 unspecified atom stereocenters. The Morgan fingerprint density at radius 2 is 2.07 bits per heavy atom. The lowest BCUT2D eigenvalue weighted by atomic mass is 10.0. The highest BCUT2D eigenvalue weighted by molar-refractivity contribution is 5.71. The Labute approximate surface area is 161 Å². The van der Waals surface area contributed by atoms with Gasteiger partial charge in [-0.3, -0.25) is 9.50 Å². The molecule has 3 aromatic heterocycles. The first-order chi connectivity index (χ1) is 13.7. The zero-order chi connectivity index (χ0) is 19.1. The second-order valence-corrected chi connectivity index (χ2v) is 7.35. The highest BCUT2D eigenvalue weighted by atomic mass is 19.1. The summed E-state index contributed by atoms with van der Waals surface area (Å²) in [4.78, 5) is 11.3. The van der Waals surface area contributed by atoms with Gasteiger partial charge in [0.05, 0.1) is 18.0 Å². The van der Waals surface area contributed by atoms with Gasteiger partial charge in [-0.05, 0) is 12.8 Å². The summed E-state index contributed by atoms with van der Waals surface area (Å²) in [5.74, 6) is 0.795. The van der Waals surface area contributed by atoms with Gasteiger partial charge in [-0.2, -0.15) is 5.10 Å². The van der Waals surface area contributed by atoms with Crippen LogP contribution in [0.1, 0.15) is 24.5 Å². The summed E-state index contributed by atoms with van der Waals surface area (Å²) < 4.78 is 16.0. The van der Waals surface area contributed by atoms with E-state index in [9.17, 15) is 9.50 Å². The van der Waals surface area contributed by atoms with E-state index < -0.39 is 12.3 Å². The van der Waals surface area contributed by atoms with Crippen molar-refractivity contribution in [3.8, 4) is 0 Å². The number of rotatable bonds is 4. The maximum absolute atomic E-state index is 14.1. The predicted octanol–water partition coefficient (Wildman–Crippen LogP) is 1.18. The third-order valence-electron chi connectivity index (χ3n) is 5.63. The molecule has 28 heavy (non-hydrogen) atoms. The minimum atomic E-state index is -1.26. The molecule has 3 aromatic rings. The Morgan fingerprint density at radius 1 is 1.21 bits per heavy atom. The average molecular weight is 386 g/mol. The van der Waals surface area contributed by atoms with E-state index in [0.29, 0.717) is 30.3 Å². The lowest BCUT2D eigenvalue weighted by Crippen LogP contribution is -2.43. The molecule has 2 aliphatic rings. The normalized spacial score (nSPS) is 25.5. The molecule has 10 heteroatoms. The number of aliphatic hydroxyl groups excluding tert-OH is 1. The molecule has 5 rings (SSSR count). The van der Waals surface area contributed by atoms with Crippen LogP contribution in [-0.4, -0.2) is 68.1 Å². The highest BCUT2D eigenvalue weighted by Crippen LogP contribution is 2.37. The summed E-state index contributed by atoms with van der Waals surface area (Å²) in [5.41, 5.74) is 2.52. The largest absolute Gasteiger partial charge is 0.390 e. The average Bonchev–Trinajstić information content (AvgIpc) is 3.45. The number of nitrogens with zero attached hydrogens (tertiary/aromatic N) is 5. The number of imidazole rings is 1. The van der Waals surface area contributed by atoms with E-state index in [4.69, 9.17) is 0 Å². The molecule has 4 N–H and O–H groups in total. The van der Waals surface area contributed by atoms with Gasteiger partial charge in [0.15, 0.2) is 11.5 Å². The number of nitrogens with one attached hydrogen (secondary N) is 3. The fourth-order valence-corrected chi connectivity index (χ4v) is 4.10. The van der Waals surface area contributed by atoms with Crippen molar-refractivity contribution >= 4 is 23.1 Å². The minimum absolute atomic E-state index is 0.352. The van der Waals surface area contributed by atoms with Crippen LogP contribution in [0.2, 0.25) is 0 Å². The number of hydrogen-bond donors (Lipinski definition) is 4. The van der Waals surface area contributed by atoms with E-state index in [0.717, 1.165) is 37.5 Å². The van der Waals surface area contributed by atoms with Crippen LogP contribution < -0.4 is 15.5 Å². The zero-order valence-corrected chi connectivity index (χ0v) is 15.3. The molecule has 0 amide bonds. The van der Waals surface area contributed by atoms with Crippen molar-refractivity contribution in [3.05, 3.63) is 30.4 Å². The molecule has 0 aromatic carbocycles. The topological polar surface area (TPSA) is 106 Å². The maximum atomic E-state index is 14.1. The first-order valence-corrected chi connectivity index (χ1v) is 9.63.